The highest BCUT2D eigenvalue weighted by molar-refractivity contribution is 6.38. The van der Waals surface area contributed by atoms with E-state index in [1.807, 2.05) is 0 Å². The highest BCUT2D eigenvalue weighted by Crippen LogP contribution is 2.30. The van der Waals surface area contributed by atoms with Gasteiger partial charge in [0.1, 0.15) is 17.3 Å². The fourth-order valence-electron chi connectivity index (χ4n) is 3.08. The number of rotatable bonds is 4. The number of aromatic nitrogens is 2. The summed E-state index contributed by atoms with van der Waals surface area (Å²) in [5.41, 5.74) is 6.50. The molecule has 0 radical (unpaired) electrons. The maximum Gasteiger partial charge on any atom is 0.250 e. The summed E-state index contributed by atoms with van der Waals surface area (Å²) in [5.74, 6) is -2.84. The predicted molar refractivity (Wildman–Crippen MR) is 105 cm³/mol. The first-order chi connectivity index (χ1) is 13.9. The van der Waals surface area contributed by atoms with Gasteiger partial charge in [0, 0.05) is 28.9 Å². The predicted octanol–water partition coefficient (Wildman–Crippen LogP) is 4.49. The molecule has 4 aromatic rings. The van der Waals surface area contributed by atoms with Gasteiger partial charge in [0.25, 0.3) is 0 Å². The fraction of sp³-hybridized carbons (Fsp3) is 0. The molecule has 0 aliphatic rings. The van der Waals surface area contributed by atoms with E-state index >= 15 is 0 Å². The highest BCUT2D eigenvalue weighted by atomic mass is 35.5. The molecule has 2 aromatic carbocycles. The van der Waals surface area contributed by atoms with Crippen molar-refractivity contribution in [3.8, 4) is 11.1 Å². The van der Waals surface area contributed by atoms with Crippen LogP contribution < -0.4 is 5.73 Å². The van der Waals surface area contributed by atoms with Crippen molar-refractivity contribution in [2.75, 3.05) is 0 Å². The number of aromatic amines is 1. The van der Waals surface area contributed by atoms with Crippen molar-refractivity contribution < 1.29 is 18.4 Å². The average molecular weight is 412 g/mol. The molecule has 0 atom stereocenters. The molecular formula is C21H12ClF2N3O2. The Bertz CT molecular complexity index is 1280. The number of halogens is 3. The maximum atomic E-state index is 14.4. The first-order valence-electron chi connectivity index (χ1n) is 8.42. The van der Waals surface area contributed by atoms with Gasteiger partial charge < -0.3 is 10.7 Å². The third kappa shape index (κ3) is 3.25. The van der Waals surface area contributed by atoms with Crippen LogP contribution in [0.2, 0.25) is 5.02 Å². The summed E-state index contributed by atoms with van der Waals surface area (Å²) in [6.07, 6.45) is 2.96. The Balaban J connectivity index is 1.86. The number of pyridine rings is 1. The molecule has 2 aromatic heterocycles. The van der Waals surface area contributed by atoms with Crippen molar-refractivity contribution in [1.82, 2.24) is 9.97 Å². The second kappa shape index (κ2) is 7.10. The van der Waals surface area contributed by atoms with E-state index in [4.69, 9.17) is 17.3 Å². The zero-order chi connectivity index (χ0) is 20.7. The monoisotopic (exact) mass is 411 g/mol. The molecule has 4 rings (SSSR count). The molecule has 0 saturated heterocycles. The minimum atomic E-state index is -0.873. The molecule has 3 N–H and O–H groups in total. The van der Waals surface area contributed by atoms with Gasteiger partial charge in [0.2, 0.25) is 5.91 Å². The van der Waals surface area contributed by atoms with Crippen molar-refractivity contribution in [3.63, 3.8) is 0 Å². The summed E-state index contributed by atoms with van der Waals surface area (Å²) in [5, 5.41) is 0.0799. The Hall–Kier alpha value is -3.58. The quantitative estimate of drug-likeness (QED) is 0.485. The molecule has 0 saturated carbocycles. The van der Waals surface area contributed by atoms with Crippen molar-refractivity contribution in [1.29, 1.82) is 0 Å². The van der Waals surface area contributed by atoms with Gasteiger partial charge in [-0.1, -0.05) is 23.7 Å². The molecule has 8 heteroatoms. The number of ketones is 1. The Morgan fingerprint density at radius 2 is 1.72 bits per heavy atom. The number of carbonyl (C=O) groups is 2. The number of fused-ring (bicyclic) bond motifs is 1. The second-order valence-electron chi connectivity index (χ2n) is 6.31. The van der Waals surface area contributed by atoms with Crippen LogP contribution >= 0.6 is 11.6 Å². The number of carbonyl (C=O) groups excluding carboxylic acids is 2. The molecule has 29 heavy (non-hydrogen) atoms. The van der Waals surface area contributed by atoms with Crippen LogP contribution in [0.15, 0.2) is 54.9 Å². The van der Waals surface area contributed by atoms with E-state index in [-0.39, 0.29) is 22.0 Å². The van der Waals surface area contributed by atoms with Gasteiger partial charge in [-0.2, -0.15) is 0 Å². The summed E-state index contributed by atoms with van der Waals surface area (Å²) in [6.45, 7) is 0. The van der Waals surface area contributed by atoms with E-state index in [2.05, 4.69) is 9.97 Å². The molecule has 1 amide bonds. The summed E-state index contributed by atoms with van der Waals surface area (Å²) in [7, 11) is 0. The van der Waals surface area contributed by atoms with Crippen molar-refractivity contribution in [2.24, 2.45) is 5.73 Å². The Kier molecular flexibility index (Phi) is 4.60. The van der Waals surface area contributed by atoms with Crippen molar-refractivity contribution in [2.45, 2.75) is 0 Å². The van der Waals surface area contributed by atoms with Gasteiger partial charge in [-0.3, -0.25) is 9.59 Å². The van der Waals surface area contributed by atoms with E-state index < -0.39 is 23.1 Å². The van der Waals surface area contributed by atoms with Gasteiger partial charge in [0.05, 0.1) is 16.1 Å². The minimum absolute atomic E-state index is 0.124. The van der Waals surface area contributed by atoms with Gasteiger partial charge >= 0.3 is 0 Å². The van der Waals surface area contributed by atoms with Crippen LogP contribution in [-0.4, -0.2) is 21.7 Å². The number of H-pyrrole nitrogens is 1. The number of hydrogen-bond donors (Lipinski definition) is 2. The Morgan fingerprint density at radius 1 is 1.00 bits per heavy atom. The van der Waals surface area contributed by atoms with Crippen LogP contribution in [0.4, 0.5) is 8.78 Å². The third-order valence-corrected chi connectivity index (χ3v) is 4.93. The molecule has 0 aliphatic heterocycles. The minimum Gasteiger partial charge on any atom is -0.366 e. The lowest BCUT2D eigenvalue weighted by Gasteiger charge is -2.08. The molecule has 5 nitrogen and oxygen atoms in total. The van der Waals surface area contributed by atoms with Crippen LogP contribution in [0.25, 0.3) is 22.2 Å². The topological polar surface area (TPSA) is 88.8 Å². The molecule has 2 heterocycles. The zero-order valence-corrected chi connectivity index (χ0v) is 15.4. The standard InChI is InChI=1S/C21H12ClF2N3O2/c22-18-13(20(25)29)5-6-16(24)17(18)19(28)15-9-27-21-14(15)7-11(8-26-21)10-1-3-12(23)4-2-10/h1-9H,(H2,25,29)(H,26,27). The lowest BCUT2D eigenvalue weighted by molar-refractivity contribution is 0.100. The summed E-state index contributed by atoms with van der Waals surface area (Å²) < 4.78 is 27.6. The lowest BCUT2D eigenvalue weighted by Crippen LogP contribution is -2.15. The van der Waals surface area contributed by atoms with Crippen LogP contribution in [0, 0.1) is 11.6 Å². The number of hydrogen-bond acceptors (Lipinski definition) is 3. The number of amides is 1. The Labute approximate surface area is 168 Å². The van der Waals surface area contributed by atoms with E-state index in [1.165, 1.54) is 18.3 Å². The first kappa shape index (κ1) is 18.8. The van der Waals surface area contributed by atoms with Crippen molar-refractivity contribution in [3.05, 3.63) is 88.2 Å². The van der Waals surface area contributed by atoms with Gasteiger partial charge in [-0.15, -0.1) is 0 Å². The zero-order valence-electron chi connectivity index (χ0n) is 14.7. The van der Waals surface area contributed by atoms with Crippen molar-refractivity contribution >= 4 is 34.3 Å². The molecule has 0 aliphatic carbocycles. The normalized spacial score (nSPS) is 11.0. The first-order valence-corrected chi connectivity index (χ1v) is 8.80. The molecule has 0 bridgehead atoms. The number of nitrogens with two attached hydrogens (primary N) is 1. The molecule has 0 fully saturated rings. The average Bonchev–Trinajstić information content (AvgIpc) is 3.11. The maximum absolute atomic E-state index is 14.4. The lowest BCUT2D eigenvalue weighted by atomic mass is 9.99. The highest BCUT2D eigenvalue weighted by Gasteiger charge is 2.24. The second-order valence-corrected chi connectivity index (χ2v) is 6.68. The van der Waals surface area contributed by atoms with Gasteiger partial charge in [-0.25, -0.2) is 13.8 Å². The van der Waals surface area contributed by atoms with E-state index in [0.29, 0.717) is 22.2 Å². The molecule has 0 unspecified atom stereocenters. The smallest absolute Gasteiger partial charge is 0.250 e. The van der Waals surface area contributed by atoms with E-state index in [9.17, 15) is 18.4 Å². The largest absolute Gasteiger partial charge is 0.366 e. The Morgan fingerprint density at radius 3 is 2.41 bits per heavy atom. The summed E-state index contributed by atoms with van der Waals surface area (Å²) in [6, 6.07) is 9.57. The number of nitrogens with zero attached hydrogens (tertiary/aromatic N) is 1. The fourth-order valence-corrected chi connectivity index (χ4v) is 3.41. The van der Waals surface area contributed by atoms with E-state index in [1.54, 1.807) is 24.4 Å². The van der Waals surface area contributed by atoms with Gasteiger partial charge in [-0.05, 0) is 35.9 Å². The van der Waals surface area contributed by atoms with Crippen LogP contribution in [0.1, 0.15) is 26.3 Å². The van der Waals surface area contributed by atoms with Crippen LogP contribution in [0.3, 0.4) is 0 Å². The van der Waals surface area contributed by atoms with Crippen LogP contribution in [-0.2, 0) is 0 Å². The number of nitrogens with one attached hydrogen (secondary N) is 1. The molecule has 0 spiro atoms. The van der Waals surface area contributed by atoms with E-state index in [0.717, 1.165) is 12.1 Å². The summed E-state index contributed by atoms with van der Waals surface area (Å²) in [4.78, 5) is 31.7. The molecule has 144 valence electrons. The van der Waals surface area contributed by atoms with Crippen LogP contribution in [0.5, 0.6) is 0 Å². The SMILES string of the molecule is NC(=O)c1ccc(F)c(C(=O)c2c[nH]c3ncc(-c4ccc(F)cc4)cc23)c1Cl. The summed E-state index contributed by atoms with van der Waals surface area (Å²) >= 11 is 6.09. The van der Waals surface area contributed by atoms with Gasteiger partial charge in [0.15, 0.2) is 5.78 Å². The number of primary amides is 1. The number of benzene rings is 2. The third-order valence-electron chi connectivity index (χ3n) is 4.54. The molecular weight excluding hydrogens is 400 g/mol.